The Balaban J connectivity index is 1.64. The maximum Gasteiger partial charge on any atom is 0.217 e. The van der Waals surface area contributed by atoms with Gasteiger partial charge in [0.2, 0.25) is 6.23 Å². The molecule has 5 rings (SSSR count). The SMILES string of the molecule is COc1ccc(Br)cc1[C@H]1Oc2ccc(Br)cc2[C@H]2CC(c3ccc(C)cc3)=NN21. The molecule has 0 bridgehead atoms. The lowest BCUT2D eigenvalue weighted by atomic mass is 9.95. The summed E-state index contributed by atoms with van der Waals surface area (Å²) in [6.45, 7) is 2.10. The van der Waals surface area contributed by atoms with E-state index in [-0.39, 0.29) is 12.3 Å². The predicted molar refractivity (Wildman–Crippen MR) is 125 cm³/mol. The van der Waals surface area contributed by atoms with E-state index in [2.05, 4.69) is 74.1 Å². The minimum Gasteiger partial charge on any atom is -0.496 e. The van der Waals surface area contributed by atoms with Crippen molar-refractivity contribution in [2.24, 2.45) is 5.10 Å². The molecular formula is C24H20Br2N2O2. The number of hydrazone groups is 1. The molecule has 2 aliphatic heterocycles. The molecule has 0 saturated heterocycles. The second-order valence-electron chi connectivity index (χ2n) is 7.55. The van der Waals surface area contributed by atoms with Crippen LogP contribution in [0.25, 0.3) is 0 Å². The molecule has 0 spiro atoms. The van der Waals surface area contributed by atoms with Gasteiger partial charge in [-0.1, -0.05) is 61.7 Å². The van der Waals surface area contributed by atoms with Crippen LogP contribution in [0, 0.1) is 6.92 Å². The van der Waals surface area contributed by atoms with E-state index in [9.17, 15) is 0 Å². The van der Waals surface area contributed by atoms with Gasteiger partial charge in [-0.15, -0.1) is 0 Å². The molecule has 2 heterocycles. The Bertz CT molecular complexity index is 1140. The van der Waals surface area contributed by atoms with Crippen LogP contribution in [0.3, 0.4) is 0 Å². The van der Waals surface area contributed by atoms with Gasteiger partial charge in [0.15, 0.2) is 0 Å². The van der Waals surface area contributed by atoms with Crippen molar-refractivity contribution in [2.75, 3.05) is 7.11 Å². The zero-order chi connectivity index (χ0) is 20.8. The summed E-state index contributed by atoms with van der Waals surface area (Å²) in [5.41, 5.74) is 5.53. The Morgan fingerprint density at radius 2 is 1.67 bits per heavy atom. The van der Waals surface area contributed by atoms with Crippen LogP contribution in [-0.2, 0) is 0 Å². The first-order chi connectivity index (χ1) is 14.5. The average Bonchev–Trinajstić information content (AvgIpc) is 3.19. The highest BCUT2D eigenvalue weighted by Crippen LogP contribution is 2.49. The molecule has 3 aromatic rings. The molecule has 4 nitrogen and oxygen atoms in total. The Morgan fingerprint density at radius 3 is 2.40 bits per heavy atom. The van der Waals surface area contributed by atoms with E-state index in [1.807, 2.05) is 30.3 Å². The number of methoxy groups -OCH3 is 1. The predicted octanol–water partition coefficient (Wildman–Crippen LogP) is 6.77. The summed E-state index contributed by atoms with van der Waals surface area (Å²) < 4.78 is 14.1. The molecule has 0 fully saturated rings. The number of rotatable bonds is 3. The molecule has 30 heavy (non-hydrogen) atoms. The quantitative estimate of drug-likeness (QED) is 0.377. The van der Waals surface area contributed by atoms with E-state index in [4.69, 9.17) is 14.6 Å². The van der Waals surface area contributed by atoms with Crippen LogP contribution in [0.4, 0.5) is 0 Å². The first-order valence-electron chi connectivity index (χ1n) is 9.76. The van der Waals surface area contributed by atoms with Crippen LogP contribution >= 0.6 is 31.9 Å². The number of ether oxygens (including phenoxy) is 2. The minimum atomic E-state index is -0.376. The number of nitrogens with zero attached hydrogens (tertiary/aromatic N) is 2. The standard InChI is InChI=1S/C24H20Br2N2O2/c1-14-3-5-15(6-4-14)20-13-21-18-11-16(25)8-10-23(18)30-24(28(21)27-20)19-12-17(26)7-9-22(19)29-2/h3-12,21,24H,13H2,1-2H3/t21-,24-/m1/s1. The van der Waals surface area contributed by atoms with Gasteiger partial charge in [0, 0.05) is 20.9 Å². The summed E-state index contributed by atoms with van der Waals surface area (Å²) in [5.74, 6) is 1.66. The fraction of sp³-hybridized carbons (Fsp3) is 0.208. The highest BCUT2D eigenvalue weighted by molar-refractivity contribution is 9.10. The first-order valence-corrected chi connectivity index (χ1v) is 11.3. The van der Waals surface area contributed by atoms with E-state index < -0.39 is 0 Å². The van der Waals surface area contributed by atoms with Crippen LogP contribution in [-0.4, -0.2) is 17.8 Å². The van der Waals surface area contributed by atoms with Crippen molar-refractivity contribution in [3.63, 3.8) is 0 Å². The van der Waals surface area contributed by atoms with Crippen LogP contribution < -0.4 is 9.47 Å². The van der Waals surface area contributed by atoms with Crippen molar-refractivity contribution >= 4 is 37.6 Å². The van der Waals surface area contributed by atoms with Crippen molar-refractivity contribution < 1.29 is 9.47 Å². The smallest absolute Gasteiger partial charge is 0.217 e. The number of benzene rings is 3. The molecule has 0 radical (unpaired) electrons. The largest absolute Gasteiger partial charge is 0.496 e. The molecule has 3 aromatic carbocycles. The summed E-state index contributed by atoms with van der Waals surface area (Å²) in [5, 5.41) is 7.12. The van der Waals surface area contributed by atoms with Gasteiger partial charge in [0.25, 0.3) is 0 Å². The Hall–Kier alpha value is -2.31. The molecular weight excluding hydrogens is 508 g/mol. The maximum absolute atomic E-state index is 6.48. The Labute approximate surface area is 192 Å². The average molecular weight is 528 g/mol. The summed E-state index contributed by atoms with van der Waals surface area (Å²) in [6.07, 6.45) is 0.446. The molecule has 2 atom stereocenters. The van der Waals surface area contributed by atoms with Crippen LogP contribution in [0.1, 0.15) is 40.9 Å². The van der Waals surface area contributed by atoms with E-state index in [1.54, 1.807) is 7.11 Å². The number of hydrogen-bond acceptors (Lipinski definition) is 4. The van der Waals surface area contributed by atoms with Crippen molar-refractivity contribution in [1.29, 1.82) is 0 Å². The van der Waals surface area contributed by atoms with Crippen molar-refractivity contribution in [3.05, 3.63) is 91.9 Å². The summed E-state index contributed by atoms with van der Waals surface area (Å²) in [7, 11) is 1.68. The van der Waals surface area contributed by atoms with E-state index in [0.717, 1.165) is 49.3 Å². The molecule has 0 amide bonds. The number of aryl methyl sites for hydroxylation is 1. The summed E-state index contributed by atoms with van der Waals surface area (Å²) >= 11 is 7.20. The highest BCUT2D eigenvalue weighted by Gasteiger charge is 2.42. The van der Waals surface area contributed by atoms with Gasteiger partial charge in [0.1, 0.15) is 11.5 Å². The van der Waals surface area contributed by atoms with Crippen molar-refractivity contribution in [1.82, 2.24) is 5.01 Å². The normalized spacial score (nSPS) is 19.6. The molecule has 152 valence electrons. The van der Waals surface area contributed by atoms with Crippen molar-refractivity contribution in [2.45, 2.75) is 25.6 Å². The molecule has 0 unspecified atom stereocenters. The van der Waals surface area contributed by atoms with Gasteiger partial charge in [-0.05, 0) is 48.9 Å². The molecule has 6 heteroatoms. The second-order valence-corrected chi connectivity index (χ2v) is 9.38. The molecule has 0 N–H and O–H groups in total. The van der Waals surface area contributed by atoms with Gasteiger partial charge in [-0.3, -0.25) is 0 Å². The Morgan fingerprint density at radius 1 is 0.967 bits per heavy atom. The lowest BCUT2D eigenvalue weighted by Gasteiger charge is -2.38. The van der Waals surface area contributed by atoms with E-state index >= 15 is 0 Å². The van der Waals surface area contributed by atoms with Gasteiger partial charge in [0.05, 0.1) is 24.4 Å². The zero-order valence-electron chi connectivity index (χ0n) is 16.6. The van der Waals surface area contributed by atoms with Gasteiger partial charge in [-0.2, -0.15) is 5.10 Å². The molecule has 0 saturated carbocycles. The highest BCUT2D eigenvalue weighted by atomic mass is 79.9. The second kappa shape index (κ2) is 7.75. The fourth-order valence-corrected chi connectivity index (χ4v) is 4.84. The number of fused-ring (bicyclic) bond motifs is 3. The van der Waals surface area contributed by atoms with Crippen LogP contribution in [0.5, 0.6) is 11.5 Å². The van der Waals surface area contributed by atoms with Gasteiger partial charge in [-0.25, -0.2) is 5.01 Å². The molecule has 0 aliphatic carbocycles. The lowest BCUT2D eigenvalue weighted by molar-refractivity contribution is -0.0204. The van der Waals surface area contributed by atoms with Crippen molar-refractivity contribution in [3.8, 4) is 11.5 Å². The third kappa shape index (κ3) is 3.42. The first kappa shape index (κ1) is 19.6. The summed E-state index contributed by atoms with van der Waals surface area (Å²) in [6, 6.07) is 20.8. The fourth-order valence-electron chi connectivity index (χ4n) is 4.08. The summed E-state index contributed by atoms with van der Waals surface area (Å²) in [4.78, 5) is 0. The maximum atomic E-state index is 6.48. The lowest BCUT2D eigenvalue weighted by Crippen LogP contribution is -2.34. The van der Waals surface area contributed by atoms with Gasteiger partial charge < -0.3 is 9.47 Å². The van der Waals surface area contributed by atoms with Gasteiger partial charge >= 0.3 is 0 Å². The molecule has 0 aromatic heterocycles. The third-order valence-corrected chi connectivity index (χ3v) is 6.58. The van der Waals surface area contributed by atoms with Crippen LogP contribution in [0.2, 0.25) is 0 Å². The number of halogens is 2. The third-order valence-electron chi connectivity index (χ3n) is 5.59. The van der Waals surface area contributed by atoms with E-state index in [1.165, 1.54) is 5.56 Å². The molecule has 2 aliphatic rings. The Kier molecular flexibility index (Phi) is 5.07. The van der Waals surface area contributed by atoms with Crippen LogP contribution in [0.15, 0.2) is 74.7 Å². The topological polar surface area (TPSA) is 34.1 Å². The number of hydrogen-bond donors (Lipinski definition) is 0. The monoisotopic (exact) mass is 526 g/mol. The van der Waals surface area contributed by atoms with E-state index in [0.29, 0.717) is 0 Å². The zero-order valence-corrected chi connectivity index (χ0v) is 19.8. The minimum absolute atomic E-state index is 0.0937.